The van der Waals surface area contributed by atoms with Crippen molar-refractivity contribution in [3.63, 3.8) is 0 Å². The zero-order valence-corrected chi connectivity index (χ0v) is 9.27. The van der Waals surface area contributed by atoms with Crippen LogP contribution in [0.5, 0.6) is 0 Å². The fourth-order valence-corrected chi connectivity index (χ4v) is 1.62. The molecule has 0 fully saturated rings. The van der Waals surface area contributed by atoms with E-state index in [9.17, 15) is 4.79 Å². The lowest BCUT2D eigenvalue weighted by atomic mass is 10.0. The molecule has 1 heterocycles. The van der Waals surface area contributed by atoms with Gasteiger partial charge in [0.05, 0.1) is 0 Å². The van der Waals surface area contributed by atoms with Crippen molar-refractivity contribution in [3.8, 4) is 0 Å². The summed E-state index contributed by atoms with van der Waals surface area (Å²) in [5, 5.41) is 0.964. The molecule has 2 rings (SSSR count). The third kappa shape index (κ3) is 2.14. The molecule has 0 radical (unpaired) electrons. The molecule has 1 unspecified atom stereocenters. The summed E-state index contributed by atoms with van der Waals surface area (Å²) in [7, 11) is 0. The molecule has 1 aromatic heterocycles. The average Bonchev–Trinajstić information content (AvgIpc) is 2.72. The molecule has 2 N–H and O–H groups in total. The third-order valence-electron chi connectivity index (χ3n) is 2.64. The Morgan fingerprint density at radius 1 is 1.44 bits per heavy atom. The Morgan fingerprint density at radius 2 is 2.19 bits per heavy atom. The Hall–Kier alpha value is -1.61. The first-order valence-corrected chi connectivity index (χ1v) is 5.42. The summed E-state index contributed by atoms with van der Waals surface area (Å²) in [4.78, 5) is 11.8. The standard InChI is InChI=1S/C13H15NO2/c1-9(8-14)6-11(15)13-7-10-4-2-3-5-12(10)16-13/h2-5,7,9H,6,8,14H2,1H3. The number of rotatable bonds is 4. The Kier molecular flexibility index (Phi) is 3.06. The molecule has 0 saturated carbocycles. The number of Topliss-reactive ketones (excluding diaryl/α,β-unsaturated/α-hetero) is 1. The average molecular weight is 217 g/mol. The number of ketones is 1. The Bertz CT molecular complexity index is 468. The summed E-state index contributed by atoms with van der Waals surface area (Å²) in [5.41, 5.74) is 6.25. The van der Waals surface area contributed by atoms with Gasteiger partial charge in [-0.1, -0.05) is 25.1 Å². The van der Waals surface area contributed by atoms with Crippen LogP contribution in [0.25, 0.3) is 11.0 Å². The number of carbonyl (C=O) groups is 1. The first kappa shape index (κ1) is 10.9. The number of furan rings is 1. The Balaban J connectivity index is 2.23. The molecule has 0 aliphatic carbocycles. The van der Waals surface area contributed by atoms with Gasteiger partial charge in [-0.2, -0.15) is 0 Å². The number of para-hydroxylation sites is 1. The van der Waals surface area contributed by atoms with E-state index in [2.05, 4.69) is 0 Å². The topological polar surface area (TPSA) is 56.2 Å². The molecule has 1 aromatic carbocycles. The van der Waals surface area contributed by atoms with E-state index in [1.54, 1.807) is 6.07 Å². The van der Waals surface area contributed by atoms with E-state index in [0.29, 0.717) is 18.7 Å². The van der Waals surface area contributed by atoms with Crippen LogP contribution < -0.4 is 5.73 Å². The second-order valence-electron chi connectivity index (χ2n) is 4.12. The maximum absolute atomic E-state index is 11.8. The highest BCUT2D eigenvalue weighted by Crippen LogP contribution is 2.20. The molecule has 0 aliphatic rings. The molecule has 1 atom stereocenters. The van der Waals surface area contributed by atoms with Gasteiger partial charge in [-0.3, -0.25) is 4.79 Å². The van der Waals surface area contributed by atoms with E-state index >= 15 is 0 Å². The minimum atomic E-state index is 0.0224. The molecular weight excluding hydrogens is 202 g/mol. The summed E-state index contributed by atoms with van der Waals surface area (Å²) in [6.45, 7) is 2.48. The van der Waals surface area contributed by atoms with Crippen molar-refractivity contribution in [1.82, 2.24) is 0 Å². The molecule has 3 nitrogen and oxygen atoms in total. The van der Waals surface area contributed by atoms with Gasteiger partial charge in [-0.05, 0) is 24.6 Å². The van der Waals surface area contributed by atoms with Gasteiger partial charge in [-0.15, -0.1) is 0 Å². The predicted octanol–water partition coefficient (Wildman–Crippen LogP) is 2.60. The van der Waals surface area contributed by atoms with Crippen molar-refractivity contribution in [2.45, 2.75) is 13.3 Å². The lowest BCUT2D eigenvalue weighted by molar-refractivity contribution is 0.0941. The van der Waals surface area contributed by atoms with Crippen molar-refractivity contribution in [2.75, 3.05) is 6.54 Å². The van der Waals surface area contributed by atoms with Crippen LogP contribution in [-0.2, 0) is 0 Å². The van der Waals surface area contributed by atoms with Gasteiger partial charge in [-0.25, -0.2) is 0 Å². The van der Waals surface area contributed by atoms with Gasteiger partial charge in [0.1, 0.15) is 5.58 Å². The molecule has 0 amide bonds. The van der Waals surface area contributed by atoms with Crippen molar-refractivity contribution in [1.29, 1.82) is 0 Å². The number of hydrogen-bond donors (Lipinski definition) is 1. The fraction of sp³-hybridized carbons (Fsp3) is 0.308. The zero-order chi connectivity index (χ0) is 11.5. The molecule has 0 aliphatic heterocycles. The van der Waals surface area contributed by atoms with Gasteiger partial charge >= 0.3 is 0 Å². The van der Waals surface area contributed by atoms with Crippen LogP contribution in [0, 0.1) is 5.92 Å². The van der Waals surface area contributed by atoms with Crippen LogP contribution in [-0.4, -0.2) is 12.3 Å². The second-order valence-corrected chi connectivity index (χ2v) is 4.12. The first-order valence-electron chi connectivity index (χ1n) is 5.42. The van der Waals surface area contributed by atoms with E-state index in [-0.39, 0.29) is 11.7 Å². The van der Waals surface area contributed by atoms with E-state index in [1.807, 2.05) is 31.2 Å². The summed E-state index contributed by atoms with van der Waals surface area (Å²) in [5.74, 6) is 0.649. The first-order chi connectivity index (χ1) is 7.70. The number of carbonyl (C=O) groups excluding carboxylic acids is 1. The minimum Gasteiger partial charge on any atom is -0.453 e. The molecule has 0 saturated heterocycles. The van der Waals surface area contributed by atoms with Crippen LogP contribution in [0.15, 0.2) is 34.7 Å². The Labute approximate surface area is 94.2 Å². The van der Waals surface area contributed by atoms with Crippen molar-refractivity contribution < 1.29 is 9.21 Å². The van der Waals surface area contributed by atoms with E-state index < -0.39 is 0 Å². The van der Waals surface area contributed by atoms with Gasteiger partial charge in [0.15, 0.2) is 11.5 Å². The van der Waals surface area contributed by atoms with Crippen molar-refractivity contribution >= 4 is 16.8 Å². The molecule has 16 heavy (non-hydrogen) atoms. The van der Waals surface area contributed by atoms with E-state index in [4.69, 9.17) is 10.2 Å². The fourth-order valence-electron chi connectivity index (χ4n) is 1.62. The minimum absolute atomic E-state index is 0.0224. The SMILES string of the molecule is CC(CN)CC(=O)c1cc2ccccc2o1. The van der Waals surface area contributed by atoms with E-state index in [0.717, 1.165) is 11.0 Å². The van der Waals surface area contributed by atoms with E-state index in [1.165, 1.54) is 0 Å². The normalized spacial score (nSPS) is 12.9. The van der Waals surface area contributed by atoms with Crippen LogP contribution in [0.2, 0.25) is 0 Å². The maximum atomic E-state index is 11.8. The highest BCUT2D eigenvalue weighted by Gasteiger charge is 2.14. The largest absolute Gasteiger partial charge is 0.453 e. The van der Waals surface area contributed by atoms with Crippen LogP contribution >= 0.6 is 0 Å². The third-order valence-corrected chi connectivity index (χ3v) is 2.64. The van der Waals surface area contributed by atoms with Crippen LogP contribution in [0.4, 0.5) is 0 Å². The second kappa shape index (κ2) is 4.49. The predicted molar refractivity (Wildman–Crippen MR) is 63.4 cm³/mol. The number of hydrogen-bond acceptors (Lipinski definition) is 3. The summed E-state index contributed by atoms with van der Waals surface area (Å²) in [6.07, 6.45) is 0.441. The van der Waals surface area contributed by atoms with Crippen LogP contribution in [0.3, 0.4) is 0 Å². The van der Waals surface area contributed by atoms with Crippen molar-refractivity contribution in [2.24, 2.45) is 11.7 Å². The van der Waals surface area contributed by atoms with Crippen LogP contribution in [0.1, 0.15) is 23.9 Å². The number of nitrogens with two attached hydrogens (primary N) is 1. The molecule has 3 heteroatoms. The zero-order valence-electron chi connectivity index (χ0n) is 9.27. The monoisotopic (exact) mass is 217 g/mol. The van der Waals surface area contributed by atoms with Gasteiger partial charge < -0.3 is 10.2 Å². The quantitative estimate of drug-likeness (QED) is 0.801. The smallest absolute Gasteiger partial charge is 0.198 e. The summed E-state index contributed by atoms with van der Waals surface area (Å²) in [6, 6.07) is 9.40. The molecule has 0 spiro atoms. The van der Waals surface area contributed by atoms with Crippen molar-refractivity contribution in [3.05, 3.63) is 36.1 Å². The summed E-state index contributed by atoms with van der Waals surface area (Å²) >= 11 is 0. The lowest BCUT2D eigenvalue weighted by Gasteiger charge is -2.04. The molecular formula is C13H15NO2. The van der Waals surface area contributed by atoms with Gasteiger partial charge in [0.25, 0.3) is 0 Å². The number of benzene rings is 1. The highest BCUT2D eigenvalue weighted by molar-refractivity contribution is 5.97. The lowest BCUT2D eigenvalue weighted by Crippen LogP contribution is -2.14. The Morgan fingerprint density at radius 3 is 2.88 bits per heavy atom. The maximum Gasteiger partial charge on any atom is 0.198 e. The highest BCUT2D eigenvalue weighted by atomic mass is 16.3. The molecule has 84 valence electrons. The van der Waals surface area contributed by atoms with Gasteiger partial charge in [0.2, 0.25) is 0 Å². The summed E-state index contributed by atoms with van der Waals surface area (Å²) < 4.78 is 5.48. The van der Waals surface area contributed by atoms with Gasteiger partial charge in [0, 0.05) is 11.8 Å². The molecule has 0 bridgehead atoms. The number of fused-ring (bicyclic) bond motifs is 1. The molecule has 2 aromatic rings.